The van der Waals surface area contributed by atoms with Gasteiger partial charge in [0.1, 0.15) is 17.2 Å². The van der Waals surface area contributed by atoms with Gasteiger partial charge in [0, 0.05) is 30.3 Å². The van der Waals surface area contributed by atoms with Crippen molar-refractivity contribution < 1.29 is 33.3 Å². The van der Waals surface area contributed by atoms with Crippen molar-refractivity contribution in [3.05, 3.63) is 83.9 Å². The minimum absolute atomic E-state index is 0.184. The maximum absolute atomic E-state index is 12.2. The average Bonchev–Trinajstić information content (AvgIpc) is 2.95. The van der Waals surface area contributed by atoms with Crippen LogP contribution in [0.15, 0.2) is 72.8 Å². The van der Waals surface area contributed by atoms with Gasteiger partial charge in [0.2, 0.25) is 0 Å². The van der Waals surface area contributed by atoms with Crippen LogP contribution in [0.1, 0.15) is 61.4 Å². The van der Waals surface area contributed by atoms with E-state index in [0.717, 1.165) is 31.2 Å². The third-order valence-corrected chi connectivity index (χ3v) is 5.80. The SMILES string of the molecule is CCCCCCC(=O)Oc1ccc(OC(=O)C=Cc2ccc(OCCCOC(=O)c3cc(N)cc(N)c3)cc2)cc1. The summed E-state index contributed by atoms with van der Waals surface area (Å²) in [4.78, 5) is 36.2. The highest BCUT2D eigenvalue weighted by Crippen LogP contribution is 2.20. The lowest BCUT2D eigenvalue weighted by Gasteiger charge is -2.08. The molecule has 0 aliphatic carbocycles. The van der Waals surface area contributed by atoms with Gasteiger partial charge in [-0.25, -0.2) is 9.59 Å². The van der Waals surface area contributed by atoms with Crippen LogP contribution in [-0.4, -0.2) is 31.1 Å². The van der Waals surface area contributed by atoms with Crippen LogP contribution >= 0.6 is 0 Å². The van der Waals surface area contributed by atoms with Gasteiger partial charge in [-0.2, -0.15) is 0 Å². The van der Waals surface area contributed by atoms with Gasteiger partial charge in [-0.1, -0.05) is 38.3 Å². The van der Waals surface area contributed by atoms with E-state index in [4.69, 9.17) is 30.4 Å². The summed E-state index contributed by atoms with van der Waals surface area (Å²) in [6.07, 6.45) is 7.87. The number of carbonyl (C=O) groups is 3. The zero-order valence-electron chi connectivity index (χ0n) is 23.2. The van der Waals surface area contributed by atoms with Crippen LogP contribution in [0, 0.1) is 0 Å². The number of benzene rings is 3. The molecule has 0 saturated heterocycles. The molecule has 0 aliphatic rings. The average molecular weight is 561 g/mol. The molecule has 3 aromatic carbocycles. The van der Waals surface area contributed by atoms with E-state index in [0.29, 0.717) is 53.6 Å². The second kappa shape index (κ2) is 16.3. The predicted octanol–water partition coefficient (Wildman–Crippen LogP) is 5.97. The first-order valence-corrected chi connectivity index (χ1v) is 13.6. The highest BCUT2D eigenvalue weighted by molar-refractivity contribution is 5.91. The Hall–Kier alpha value is -4.79. The third-order valence-electron chi connectivity index (χ3n) is 5.80. The molecule has 41 heavy (non-hydrogen) atoms. The second-order valence-electron chi connectivity index (χ2n) is 9.31. The lowest BCUT2D eigenvalue weighted by molar-refractivity contribution is -0.134. The zero-order valence-corrected chi connectivity index (χ0v) is 23.2. The topological polar surface area (TPSA) is 140 Å². The highest BCUT2D eigenvalue weighted by atomic mass is 16.5. The Labute approximate surface area is 240 Å². The molecule has 0 saturated carbocycles. The second-order valence-corrected chi connectivity index (χ2v) is 9.31. The summed E-state index contributed by atoms with van der Waals surface area (Å²) >= 11 is 0. The molecule has 4 N–H and O–H groups in total. The van der Waals surface area contributed by atoms with Gasteiger partial charge in [-0.15, -0.1) is 0 Å². The van der Waals surface area contributed by atoms with Crippen LogP contribution in [0.4, 0.5) is 11.4 Å². The number of hydrogen-bond donors (Lipinski definition) is 2. The number of unbranched alkanes of at least 4 members (excludes halogenated alkanes) is 3. The van der Waals surface area contributed by atoms with Crippen molar-refractivity contribution in [1.29, 1.82) is 0 Å². The van der Waals surface area contributed by atoms with E-state index in [1.807, 2.05) is 0 Å². The van der Waals surface area contributed by atoms with Crippen molar-refractivity contribution in [2.45, 2.75) is 45.4 Å². The summed E-state index contributed by atoms with van der Waals surface area (Å²) in [7, 11) is 0. The fraction of sp³-hybridized carbons (Fsp3) is 0.281. The molecule has 9 nitrogen and oxygen atoms in total. The first-order valence-electron chi connectivity index (χ1n) is 13.6. The Kier molecular flexibility index (Phi) is 12.3. The number of carbonyl (C=O) groups excluding carboxylic acids is 3. The molecule has 0 heterocycles. The molecule has 9 heteroatoms. The molecule has 0 amide bonds. The summed E-state index contributed by atoms with van der Waals surface area (Å²) in [5, 5.41) is 0. The number of anilines is 2. The van der Waals surface area contributed by atoms with Crippen LogP contribution < -0.4 is 25.7 Å². The maximum atomic E-state index is 12.2. The van der Waals surface area contributed by atoms with Gasteiger partial charge >= 0.3 is 17.9 Å². The third kappa shape index (κ3) is 11.5. The Morgan fingerprint density at radius 2 is 1.37 bits per heavy atom. The molecule has 0 aromatic heterocycles. The Morgan fingerprint density at radius 1 is 0.732 bits per heavy atom. The van der Waals surface area contributed by atoms with E-state index in [1.165, 1.54) is 18.2 Å². The number of esters is 3. The monoisotopic (exact) mass is 560 g/mol. The number of nitrogen functional groups attached to an aromatic ring is 2. The summed E-state index contributed by atoms with van der Waals surface area (Å²) in [5.41, 5.74) is 13.3. The van der Waals surface area contributed by atoms with E-state index >= 15 is 0 Å². The number of rotatable bonds is 15. The van der Waals surface area contributed by atoms with E-state index in [1.54, 1.807) is 60.7 Å². The normalized spacial score (nSPS) is 10.8. The van der Waals surface area contributed by atoms with Crippen LogP contribution in [0.5, 0.6) is 17.2 Å². The molecule has 3 aromatic rings. The highest BCUT2D eigenvalue weighted by Gasteiger charge is 2.09. The number of hydrogen-bond acceptors (Lipinski definition) is 9. The fourth-order valence-corrected chi connectivity index (χ4v) is 3.74. The largest absolute Gasteiger partial charge is 0.493 e. The Balaban J connectivity index is 1.34. The van der Waals surface area contributed by atoms with Crippen molar-refractivity contribution in [3.63, 3.8) is 0 Å². The summed E-state index contributed by atoms with van der Waals surface area (Å²) in [6, 6.07) is 18.1. The lowest BCUT2D eigenvalue weighted by Crippen LogP contribution is -2.10. The van der Waals surface area contributed by atoms with Gasteiger partial charge in [-0.05, 0) is 72.7 Å². The molecular weight excluding hydrogens is 524 g/mol. The molecule has 3 rings (SSSR count). The number of nitrogens with two attached hydrogens (primary N) is 2. The van der Waals surface area contributed by atoms with Crippen molar-refractivity contribution in [3.8, 4) is 17.2 Å². The fourth-order valence-electron chi connectivity index (χ4n) is 3.74. The molecule has 0 unspecified atom stereocenters. The Morgan fingerprint density at radius 3 is 2.02 bits per heavy atom. The minimum atomic E-state index is -0.540. The van der Waals surface area contributed by atoms with Crippen LogP contribution in [0.2, 0.25) is 0 Å². The zero-order chi connectivity index (χ0) is 29.5. The molecule has 0 bridgehead atoms. The molecule has 0 fully saturated rings. The molecular formula is C32H36N2O7. The van der Waals surface area contributed by atoms with Crippen LogP contribution in [0.3, 0.4) is 0 Å². The van der Waals surface area contributed by atoms with E-state index < -0.39 is 11.9 Å². The van der Waals surface area contributed by atoms with Gasteiger partial charge in [-0.3, -0.25) is 4.79 Å². The predicted molar refractivity (Wildman–Crippen MR) is 158 cm³/mol. The standard InChI is InChI=1S/C32H36N2O7/c1-2-3-4-5-7-30(35)40-28-13-15-29(16-14-28)41-31(36)17-10-23-8-11-27(12-9-23)38-18-6-19-39-32(37)24-20-25(33)22-26(34)21-24/h8-17,20-22H,2-7,18-19,33-34H2,1H3. The molecule has 0 aliphatic heterocycles. The van der Waals surface area contributed by atoms with Crippen LogP contribution in [-0.2, 0) is 14.3 Å². The number of ether oxygens (including phenoxy) is 4. The van der Waals surface area contributed by atoms with E-state index in [-0.39, 0.29) is 12.6 Å². The smallest absolute Gasteiger partial charge is 0.338 e. The van der Waals surface area contributed by atoms with Gasteiger partial charge in [0.25, 0.3) is 0 Å². The lowest BCUT2D eigenvalue weighted by atomic mass is 10.1. The van der Waals surface area contributed by atoms with Crippen molar-refractivity contribution in [1.82, 2.24) is 0 Å². The van der Waals surface area contributed by atoms with E-state index in [2.05, 4.69) is 6.92 Å². The quantitative estimate of drug-likeness (QED) is 0.0756. The Bertz CT molecular complexity index is 1300. The van der Waals surface area contributed by atoms with Crippen molar-refractivity contribution in [2.24, 2.45) is 0 Å². The van der Waals surface area contributed by atoms with Crippen molar-refractivity contribution in [2.75, 3.05) is 24.7 Å². The van der Waals surface area contributed by atoms with Gasteiger partial charge in [0.15, 0.2) is 0 Å². The molecule has 216 valence electrons. The molecule has 0 spiro atoms. The van der Waals surface area contributed by atoms with Gasteiger partial charge < -0.3 is 30.4 Å². The summed E-state index contributed by atoms with van der Waals surface area (Å²) in [6.45, 7) is 2.65. The molecule has 0 atom stereocenters. The summed E-state index contributed by atoms with van der Waals surface area (Å²) in [5.74, 6) is 0.0843. The first-order chi connectivity index (χ1) is 19.8. The van der Waals surface area contributed by atoms with Crippen molar-refractivity contribution >= 4 is 35.4 Å². The first kappa shape index (κ1) is 30.7. The summed E-state index contributed by atoms with van der Waals surface area (Å²) < 4.78 is 21.5. The van der Waals surface area contributed by atoms with E-state index in [9.17, 15) is 14.4 Å². The molecule has 0 radical (unpaired) electrons. The maximum Gasteiger partial charge on any atom is 0.338 e. The van der Waals surface area contributed by atoms with Crippen LogP contribution in [0.25, 0.3) is 6.08 Å². The minimum Gasteiger partial charge on any atom is -0.493 e. The van der Waals surface area contributed by atoms with Gasteiger partial charge in [0.05, 0.1) is 18.8 Å².